The highest BCUT2D eigenvalue weighted by molar-refractivity contribution is 7.09. The van der Waals surface area contributed by atoms with E-state index in [1.165, 1.54) is 48.7 Å². The first-order valence-electron chi connectivity index (χ1n) is 9.23. The zero-order valence-corrected chi connectivity index (χ0v) is 15.3. The van der Waals surface area contributed by atoms with E-state index in [1.54, 1.807) is 0 Å². The van der Waals surface area contributed by atoms with Crippen molar-refractivity contribution < 1.29 is 0 Å². The molecule has 0 N–H and O–H groups in total. The topological polar surface area (TPSA) is 19.4 Å². The fourth-order valence-corrected chi connectivity index (χ4v) is 4.97. The van der Waals surface area contributed by atoms with Crippen LogP contribution >= 0.6 is 11.3 Å². The van der Waals surface area contributed by atoms with Crippen molar-refractivity contribution in [3.63, 3.8) is 0 Å². The molecule has 2 bridgehead atoms. The Morgan fingerprint density at radius 1 is 1.08 bits per heavy atom. The van der Waals surface area contributed by atoms with Crippen LogP contribution in [0.4, 0.5) is 0 Å². The quantitative estimate of drug-likeness (QED) is 0.824. The summed E-state index contributed by atoms with van der Waals surface area (Å²) in [5.74, 6) is 0.816. The lowest BCUT2D eigenvalue weighted by Crippen LogP contribution is -2.43. The second kappa shape index (κ2) is 7.34. The number of hydrogen-bond acceptors (Lipinski definition) is 4. The number of fused-ring (bicyclic) bond motifs is 4. The van der Waals surface area contributed by atoms with Gasteiger partial charge in [0.05, 0.1) is 10.7 Å². The third kappa shape index (κ3) is 3.71. The molecule has 3 saturated heterocycles. The summed E-state index contributed by atoms with van der Waals surface area (Å²) in [6.07, 6.45) is 3.80. The summed E-state index contributed by atoms with van der Waals surface area (Å²) in [5.41, 5.74) is 2.72. The average Bonchev–Trinajstić information content (AvgIpc) is 2.88. The summed E-state index contributed by atoms with van der Waals surface area (Å²) >= 11 is 1.81. The average molecular weight is 342 g/mol. The van der Waals surface area contributed by atoms with Gasteiger partial charge in [-0.15, -0.1) is 11.3 Å². The smallest absolute Gasteiger partial charge is 0.0926 e. The van der Waals surface area contributed by atoms with Crippen LogP contribution in [0.5, 0.6) is 0 Å². The monoisotopic (exact) mass is 341 g/mol. The number of nitrogens with zero attached hydrogens (tertiary/aromatic N) is 3. The normalized spacial score (nSPS) is 25.0. The number of hydrogen-bond donors (Lipinski definition) is 0. The highest BCUT2D eigenvalue weighted by Crippen LogP contribution is 2.30. The Morgan fingerprint density at radius 2 is 1.96 bits per heavy atom. The fourth-order valence-electron chi connectivity index (χ4n) is 4.23. The van der Waals surface area contributed by atoms with Gasteiger partial charge in [-0.1, -0.05) is 37.3 Å². The third-order valence-corrected chi connectivity index (χ3v) is 6.46. The van der Waals surface area contributed by atoms with Crippen LogP contribution in [0.25, 0.3) is 0 Å². The van der Waals surface area contributed by atoms with Gasteiger partial charge in [-0.25, -0.2) is 4.98 Å². The molecule has 1 aromatic heterocycles. The van der Waals surface area contributed by atoms with Crippen molar-refractivity contribution in [2.24, 2.45) is 5.92 Å². The van der Waals surface area contributed by atoms with Crippen LogP contribution in [0.1, 0.15) is 36.0 Å². The number of benzene rings is 1. The SMILES string of the molecule is CCc1nc(CN2C[C@@H]3CC[C@H](C2)N(Cc2ccccc2)C3)cs1. The standard InChI is InChI=1S/C20H27N3S/c1-2-20-21-18(15-24-20)13-22-10-17-8-9-19(14-22)23(12-17)11-16-6-4-3-5-7-16/h3-7,15,17,19H,2,8-14H2,1H3/t17-,19+/m0/s1. The van der Waals surface area contributed by atoms with Crippen molar-refractivity contribution in [2.45, 2.75) is 45.3 Å². The number of piperidine rings is 1. The molecule has 3 fully saturated rings. The van der Waals surface area contributed by atoms with Crippen LogP contribution in [0, 0.1) is 5.92 Å². The minimum absolute atomic E-state index is 0.702. The van der Waals surface area contributed by atoms with Gasteiger partial charge in [0, 0.05) is 44.1 Å². The van der Waals surface area contributed by atoms with Crippen molar-refractivity contribution in [1.29, 1.82) is 0 Å². The van der Waals surface area contributed by atoms with E-state index in [0.717, 1.165) is 25.4 Å². The molecule has 4 heterocycles. The van der Waals surface area contributed by atoms with Gasteiger partial charge in [-0.3, -0.25) is 9.80 Å². The van der Waals surface area contributed by atoms with Crippen LogP contribution < -0.4 is 0 Å². The van der Waals surface area contributed by atoms with Gasteiger partial charge in [0.15, 0.2) is 0 Å². The van der Waals surface area contributed by atoms with E-state index >= 15 is 0 Å². The summed E-state index contributed by atoms with van der Waals surface area (Å²) in [6, 6.07) is 11.7. The van der Waals surface area contributed by atoms with Gasteiger partial charge < -0.3 is 0 Å². The molecule has 3 aliphatic heterocycles. The lowest BCUT2D eigenvalue weighted by Gasteiger charge is -2.36. The summed E-state index contributed by atoms with van der Waals surface area (Å²) in [5, 5.41) is 3.53. The molecule has 2 aromatic rings. The van der Waals surface area contributed by atoms with Crippen molar-refractivity contribution in [2.75, 3.05) is 19.6 Å². The number of rotatable bonds is 5. The molecular weight excluding hydrogens is 314 g/mol. The van der Waals surface area contributed by atoms with Crippen LogP contribution in [0.2, 0.25) is 0 Å². The molecule has 0 aliphatic carbocycles. The first kappa shape index (κ1) is 16.2. The summed E-state index contributed by atoms with van der Waals surface area (Å²) in [6.45, 7) is 8.02. The lowest BCUT2D eigenvalue weighted by molar-refractivity contribution is 0.123. The maximum absolute atomic E-state index is 4.77. The minimum Gasteiger partial charge on any atom is -0.296 e. The van der Waals surface area contributed by atoms with E-state index in [1.807, 2.05) is 11.3 Å². The van der Waals surface area contributed by atoms with Gasteiger partial charge >= 0.3 is 0 Å². The molecule has 3 nitrogen and oxygen atoms in total. The summed E-state index contributed by atoms with van der Waals surface area (Å²) in [4.78, 5) is 10.2. The predicted octanol–water partition coefficient (Wildman–Crippen LogP) is 3.80. The maximum Gasteiger partial charge on any atom is 0.0926 e. The molecule has 1 aromatic carbocycles. The van der Waals surface area contributed by atoms with Crippen LogP contribution in [-0.2, 0) is 19.5 Å². The van der Waals surface area contributed by atoms with Gasteiger partial charge in [0.25, 0.3) is 0 Å². The molecule has 0 amide bonds. The molecule has 0 saturated carbocycles. The van der Waals surface area contributed by atoms with Crippen molar-refractivity contribution in [1.82, 2.24) is 14.8 Å². The van der Waals surface area contributed by atoms with E-state index in [9.17, 15) is 0 Å². The van der Waals surface area contributed by atoms with Crippen LogP contribution in [-0.4, -0.2) is 40.5 Å². The molecule has 3 aliphatic rings. The van der Waals surface area contributed by atoms with Crippen molar-refractivity contribution in [3.05, 3.63) is 52.0 Å². The van der Waals surface area contributed by atoms with E-state index in [2.05, 4.69) is 52.4 Å². The van der Waals surface area contributed by atoms with E-state index in [-0.39, 0.29) is 0 Å². The predicted molar refractivity (Wildman–Crippen MR) is 100 cm³/mol. The minimum atomic E-state index is 0.702. The molecular formula is C20H27N3S. The summed E-state index contributed by atoms with van der Waals surface area (Å²) in [7, 11) is 0. The van der Waals surface area contributed by atoms with E-state index in [4.69, 9.17) is 4.98 Å². The van der Waals surface area contributed by atoms with Crippen LogP contribution in [0.3, 0.4) is 0 Å². The summed E-state index contributed by atoms with van der Waals surface area (Å²) < 4.78 is 0. The van der Waals surface area contributed by atoms with Gasteiger partial charge in [-0.2, -0.15) is 0 Å². The zero-order chi connectivity index (χ0) is 16.4. The van der Waals surface area contributed by atoms with Crippen molar-refractivity contribution in [3.8, 4) is 0 Å². The van der Waals surface area contributed by atoms with E-state index in [0.29, 0.717) is 6.04 Å². The Labute approximate surface area is 149 Å². The van der Waals surface area contributed by atoms with E-state index < -0.39 is 0 Å². The third-order valence-electron chi connectivity index (χ3n) is 5.42. The molecule has 128 valence electrons. The molecule has 0 radical (unpaired) electrons. The van der Waals surface area contributed by atoms with Crippen molar-refractivity contribution >= 4 is 11.3 Å². The number of aryl methyl sites for hydroxylation is 1. The molecule has 0 unspecified atom stereocenters. The first-order valence-corrected chi connectivity index (χ1v) is 10.1. The highest BCUT2D eigenvalue weighted by atomic mass is 32.1. The van der Waals surface area contributed by atoms with Gasteiger partial charge in [-0.05, 0) is 30.7 Å². The van der Waals surface area contributed by atoms with Crippen LogP contribution in [0.15, 0.2) is 35.7 Å². The number of thiazole rings is 1. The second-order valence-electron chi connectivity index (χ2n) is 7.29. The Balaban J connectivity index is 1.42. The Hall–Kier alpha value is -1.23. The largest absolute Gasteiger partial charge is 0.296 e. The Kier molecular flexibility index (Phi) is 4.97. The lowest BCUT2D eigenvalue weighted by atomic mass is 9.94. The fraction of sp³-hybridized carbons (Fsp3) is 0.550. The molecule has 0 spiro atoms. The molecule has 5 rings (SSSR count). The molecule has 24 heavy (non-hydrogen) atoms. The van der Waals surface area contributed by atoms with Gasteiger partial charge in [0.1, 0.15) is 0 Å². The Bertz CT molecular complexity index is 654. The highest BCUT2D eigenvalue weighted by Gasteiger charge is 2.34. The molecule has 4 heteroatoms. The number of aromatic nitrogens is 1. The maximum atomic E-state index is 4.77. The second-order valence-corrected chi connectivity index (χ2v) is 8.24. The first-order chi connectivity index (χ1) is 11.8. The molecule has 2 atom stereocenters. The Morgan fingerprint density at radius 3 is 2.75 bits per heavy atom. The van der Waals surface area contributed by atoms with Gasteiger partial charge in [0.2, 0.25) is 0 Å². The zero-order valence-electron chi connectivity index (χ0n) is 14.5.